The van der Waals surface area contributed by atoms with Gasteiger partial charge in [0.2, 0.25) is 0 Å². The summed E-state index contributed by atoms with van der Waals surface area (Å²) in [7, 11) is 0. The lowest BCUT2D eigenvalue weighted by atomic mass is 10.2. The summed E-state index contributed by atoms with van der Waals surface area (Å²) in [6, 6.07) is 16.4. The zero-order chi connectivity index (χ0) is 13.2. The molecule has 0 radical (unpaired) electrons. The van der Waals surface area contributed by atoms with Gasteiger partial charge in [0, 0.05) is 10.6 Å². The molecule has 0 atom stereocenters. The Morgan fingerprint density at radius 1 is 1.00 bits per heavy atom. The zero-order valence-corrected chi connectivity index (χ0v) is 10.6. The van der Waals surface area contributed by atoms with E-state index in [1.165, 1.54) is 4.68 Å². The van der Waals surface area contributed by atoms with Gasteiger partial charge in [0.15, 0.2) is 5.82 Å². The van der Waals surface area contributed by atoms with Gasteiger partial charge in [-0.25, -0.2) is 4.79 Å². The monoisotopic (exact) mass is 271 g/mol. The SMILES string of the molecule is O=c1[nH]c(-c2ccccc2)nn1-c1ccc(Cl)cc1. The minimum Gasteiger partial charge on any atom is -0.288 e. The number of nitrogens with zero attached hydrogens (tertiary/aromatic N) is 2. The third kappa shape index (κ3) is 2.30. The van der Waals surface area contributed by atoms with Crippen LogP contribution in [0.2, 0.25) is 5.02 Å². The van der Waals surface area contributed by atoms with Gasteiger partial charge in [-0.05, 0) is 24.3 Å². The van der Waals surface area contributed by atoms with Crippen molar-refractivity contribution in [2.45, 2.75) is 0 Å². The summed E-state index contributed by atoms with van der Waals surface area (Å²) in [5.41, 5.74) is 1.27. The summed E-state index contributed by atoms with van der Waals surface area (Å²) in [5.74, 6) is 0.542. The van der Waals surface area contributed by atoms with E-state index in [2.05, 4.69) is 10.1 Å². The van der Waals surface area contributed by atoms with Crippen LogP contribution in [-0.2, 0) is 0 Å². The second kappa shape index (κ2) is 4.74. The first-order chi connectivity index (χ1) is 9.24. The molecule has 0 bridgehead atoms. The first-order valence-electron chi connectivity index (χ1n) is 5.75. The predicted molar refractivity (Wildman–Crippen MR) is 74.6 cm³/mol. The van der Waals surface area contributed by atoms with E-state index in [4.69, 9.17) is 11.6 Å². The molecule has 0 aliphatic rings. The summed E-state index contributed by atoms with van der Waals surface area (Å²) in [6.07, 6.45) is 0. The normalized spacial score (nSPS) is 10.6. The van der Waals surface area contributed by atoms with Crippen molar-refractivity contribution < 1.29 is 0 Å². The third-order valence-corrected chi connectivity index (χ3v) is 2.99. The molecule has 5 heteroatoms. The lowest BCUT2D eigenvalue weighted by Gasteiger charge is -1.98. The molecule has 1 N–H and O–H groups in total. The topological polar surface area (TPSA) is 50.7 Å². The van der Waals surface area contributed by atoms with Crippen LogP contribution < -0.4 is 5.69 Å². The second-order valence-electron chi connectivity index (χ2n) is 4.03. The summed E-state index contributed by atoms with van der Waals surface area (Å²) in [5, 5.41) is 4.91. The molecular weight excluding hydrogens is 262 g/mol. The standard InChI is InChI=1S/C14H10ClN3O/c15-11-6-8-12(9-7-11)18-14(19)16-13(17-18)10-4-2-1-3-5-10/h1-9H,(H,16,17,19). The maximum absolute atomic E-state index is 11.9. The van der Waals surface area contributed by atoms with E-state index in [-0.39, 0.29) is 5.69 Å². The number of rotatable bonds is 2. The first-order valence-corrected chi connectivity index (χ1v) is 6.12. The van der Waals surface area contributed by atoms with Gasteiger partial charge in [-0.1, -0.05) is 41.9 Å². The number of aromatic amines is 1. The second-order valence-corrected chi connectivity index (χ2v) is 4.47. The lowest BCUT2D eigenvalue weighted by molar-refractivity contribution is 0.845. The molecule has 3 rings (SSSR count). The third-order valence-electron chi connectivity index (χ3n) is 2.74. The molecule has 0 spiro atoms. The number of H-pyrrole nitrogens is 1. The highest BCUT2D eigenvalue weighted by Gasteiger charge is 2.08. The van der Waals surface area contributed by atoms with Crippen LogP contribution in [0.25, 0.3) is 17.1 Å². The lowest BCUT2D eigenvalue weighted by Crippen LogP contribution is -2.15. The van der Waals surface area contributed by atoms with Gasteiger partial charge in [0.1, 0.15) is 0 Å². The number of hydrogen-bond acceptors (Lipinski definition) is 2. The summed E-state index contributed by atoms with van der Waals surface area (Å²) < 4.78 is 1.32. The summed E-state index contributed by atoms with van der Waals surface area (Å²) >= 11 is 5.82. The summed E-state index contributed by atoms with van der Waals surface area (Å²) in [4.78, 5) is 14.6. The van der Waals surface area contributed by atoms with Crippen LogP contribution in [-0.4, -0.2) is 14.8 Å². The van der Waals surface area contributed by atoms with Gasteiger partial charge in [-0.15, -0.1) is 5.10 Å². The molecule has 19 heavy (non-hydrogen) atoms. The van der Waals surface area contributed by atoms with E-state index >= 15 is 0 Å². The fourth-order valence-electron chi connectivity index (χ4n) is 1.81. The molecule has 0 saturated carbocycles. The molecule has 0 saturated heterocycles. The van der Waals surface area contributed by atoms with Gasteiger partial charge in [-0.2, -0.15) is 4.68 Å². The van der Waals surface area contributed by atoms with Crippen LogP contribution in [0.4, 0.5) is 0 Å². The summed E-state index contributed by atoms with van der Waals surface area (Å²) in [6.45, 7) is 0. The molecule has 0 aliphatic heterocycles. The molecule has 4 nitrogen and oxygen atoms in total. The van der Waals surface area contributed by atoms with Crippen LogP contribution in [0.1, 0.15) is 0 Å². The molecule has 0 unspecified atom stereocenters. The van der Waals surface area contributed by atoms with Crippen molar-refractivity contribution in [3.63, 3.8) is 0 Å². The number of benzene rings is 2. The minimum absolute atomic E-state index is 0.277. The largest absolute Gasteiger partial charge is 0.348 e. The molecular formula is C14H10ClN3O. The molecule has 0 amide bonds. The van der Waals surface area contributed by atoms with E-state index in [9.17, 15) is 4.79 Å². The Morgan fingerprint density at radius 2 is 1.68 bits per heavy atom. The minimum atomic E-state index is -0.277. The predicted octanol–water partition coefficient (Wildman–Crippen LogP) is 2.88. The van der Waals surface area contributed by atoms with E-state index in [1.807, 2.05) is 30.3 Å². The maximum atomic E-state index is 11.9. The van der Waals surface area contributed by atoms with Crippen LogP contribution in [0.5, 0.6) is 0 Å². The number of nitrogens with one attached hydrogen (secondary N) is 1. The van der Waals surface area contributed by atoms with E-state index in [0.717, 1.165) is 5.56 Å². The van der Waals surface area contributed by atoms with E-state index in [1.54, 1.807) is 24.3 Å². The molecule has 3 aromatic rings. The van der Waals surface area contributed by atoms with Crippen molar-refractivity contribution >= 4 is 11.6 Å². The Labute approximate surface area is 114 Å². The quantitative estimate of drug-likeness (QED) is 0.779. The van der Waals surface area contributed by atoms with Crippen molar-refractivity contribution in [1.29, 1.82) is 0 Å². The Bertz CT molecular complexity index is 744. The maximum Gasteiger partial charge on any atom is 0.348 e. The average Bonchev–Trinajstić information content (AvgIpc) is 2.83. The van der Waals surface area contributed by atoms with Crippen LogP contribution in [0, 0.1) is 0 Å². The Morgan fingerprint density at radius 3 is 2.37 bits per heavy atom. The smallest absolute Gasteiger partial charge is 0.288 e. The fraction of sp³-hybridized carbons (Fsp3) is 0. The average molecular weight is 272 g/mol. The highest BCUT2D eigenvalue weighted by Crippen LogP contribution is 2.15. The van der Waals surface area contributed by atoms with Gasteiger partial charge in [-0.3, -0.25) is 4.98 Å². The van der Waals surface area contributed by atoms with E-state index < -0.39 is 0 Å². The molecule has 94 valence electrons. The first kappa shape index (κ1) is 11.7. The Balaban J connectivity index is 2.08. The van der Waals surface area contributed by atoms with Gasteiger partial charge < -0.3 is 0 Å². The van der Waals surface area contributed by atoms with Crippen molar-refractivity contribution in [2.24, 2.45) is 0 Å². The molecule has 1 aromatic heterocycles. The number of halogens is 1. The van der Waals surface area contributed by atoms with Gasteiger partial charge >= 0.3 is 5.69 Å². The molecule has 2 aromatic carbocycles. The van der Waals surface area contributed by atoms with Crippen LogP contribution >= 0.6 is 11.6 Å². The fourth-order valence-corrected chi connectivity index (χ4v) is 1.93. The van der Waals surface area contributed by atoms with Gasteiger partial charge in [0.05, 0.1) is 5.69 Å². The highest BCUT2D eigenvalue weighted by atomic mass is 35.5. The van der Waals surface area contributed by atoms with Crippen LogP contribution in [0.15, 0.2) is 59.4 Å². The Kier molecular flexibility index (Phi) is 2.93. The molecule has 0 aliphatic carbocycles. The molecule has 0 fully saturated rings. The van der Waals surface area contributed by atoms with Crippen molar-refractivity contribution in [1.82, 2.24) is 14.8 Å². The van der Waals surface area contributed by atoms with Crippen molar-refractivity contribution in [3.05, 3.63) is 70.1 Å². The molecule has 1 heterocycles. The van der Waals surface area contributed by atoms with Crippen molar-refractivity contribution in [3.8, 4) is 17.1 Å². The van der Waals surface area contributed by atoms with E-state index in [0.29, 0.717) is 16.5 Å². The number of hydrogen-bond donors (Lipinski definition) is 1. The zero-order valence-electron chi connectivity index (χ0n) is 9.88. The van der Waals surface area contributed by atoms with Crippen LogP contribution in [0.3, 0.4) is 0 Å². The number of aromatic nitrogens is 3. The van der Waals surface area contributed by atoms with Crippen molar-refractivity contribution in [2.75, 3.05) is 0 Å². The highest BCUT2D eigenvalue weighted by molar-refractivity contribution is 6.30. The Hall–Kier alpha value is -2.33. The van der Waals surface area contributed by atoms with Gasteiger partial charge in [0.25, 0.3) is 0 Å².